The van der Waals surface area contributed by atoms with E-state index in [2.05, 4.69) is 21.3 Å². The van der Waals surface area contributed by atoms with Crippen LogP contribution in [0.5, 0.6) is 0 Å². The maximum atomic E-state index is 11.2. The van der Waals surface area contributed by atoms with Crippen molar-refractivity contribution < 1.29 is 14.4 Å². The molecule has 0 aromatic rings. The molecule has 0 atom stereocenters. The van der Waals surface area contributed by atoms with Gasteiger partial charge < -0.3 is 21.3 Å². The van der Waals surface area contributed by atoms with Gasteiger partial charge in [0, 0.05) is 39.5 Å². The van der Waals surface area contributed by atoms with Gasteiger partial charge in [0.05, 0.1) is 0 Å². The van der Waals surface area contributed by atoms with Crippen molar-refractivity contribution in [3.8, 4) is 0 Å². The highest BCUT2D eigenvalue weighted by Crippen LogP contribution is 1.92. The van der Waals surface area contributed by atoms with Crippen molar-refractivity contribution in [3.05, 3.63) is 0 Å². The fraction of sp³-hybridized carbons (Fsp3) is 0.727. The molecule has 0 saturated carbocycles. The number of hydrogen-bond acceptors (Lipinski definition) is 3. The lowest BCUT2D eigenvalue weighted by atomic mass is 10.2. The van der Waals surface area contributed by atoms with Gasteiger partial charge in [0.1, 0.15) is 5.78 Å². The number of urea groups is 2. The maximum Gasteiger partial charge on any atom is 0.314 e. The summed E-state index contributed by atoms with van der Waals surface area (Å²) in [5.74, 6) is 0.201. The first-order chi connectivity index (χ1) is 8.60. The lowest BCUT2D eigenvalue weighted by molar-refractivity contribution is -0.118. The van der Waals surface area contributed by atoms with Crippen LogP contribution < -0.4 is 21.3 Å². The average molecular weight is 258 g/mol. The van der Waals surface area contributed by atoms with Gasteiger partial charge in [-0.25, -0.2) is 9.59 Å². The Bertz CT molecular complexity index is 255. The van der Waals surface area contributed by atoms with E-state index in [1.165, 1.54) is 7.05 Å². The fourth-order valence-electron chi connectivity index (χ4n) is 1.17. The van der Waals surface area contributed by atoms with Crippen LogP contribution in [0.3, 0.4) is 0 Å². The average Bonchev–Trinajstić information content (AvgIpc) is 2.38. The second kappa shape index (κ2) is 10.4. The minimum absolute atomic E-state index is 0.201. The zero-order valence-electron chi connectivity index (χ0n) is 11.0. The molecular weight excluding hydrogens is 236 g/mol. The summed E-state index contributed by atoms with van der Waals surface area (Å²) in [5.41, 5.74) is 0. The molecule has 0 rings (SSSR count). The molecule has 0 aromatic heterocycles. The fourth-order valence-corrected chi connectivity index (χ4v) is 1.17. The zero-order chi connectivity index (χ0) is 13.8. The van der Waals surface area contributed by atoms with Gasteiger partial charge >= 0.3 is 12.1 Å². The van der Waals surface area contributed by atoms with Crippen molar-refractivity contribution in [1.82, 2.24) is 21.3 Å². The predicted molar refractivity (Wildman–Crippen MR) is 68.4 cm³/mol. The minimum atomic E-state index is -0.294. The molecule has 0 spiro atoms. The molecule has 0 fully saturated rings. The van der Waals surface area contributed by atoms with E-state index in [0.29, 0.717) is 38.9 Å². The van der Waals surface area contributed by atoms with Gasteiger partial charge in [0.2, 0.25) is 0 Å². The second-order valence-corrected chi connectivity index (χ2v) is 3.68. The van der Waals surface area contributed by atoms with Gasteiger partial charge in [-0.2, -0.15) is 0 Å². The predicted octanol–water partition coefficient (Wildman–Crippen LogP) is -0.0261. The molecule has 7 nitrogen and oxygen atoms in total. The van der Waals surface area contributed by atoms with Crippen LogP contribution in [0.2, 0.25) is 0 Å². The Morgan fingerprint density at radius 1 is 0.889 bits per heavy atom. The Morgan fingerprint density at radius 3 is 2.00 bits per heavy atom. The number of amides is 4. The lowest BCUT2D eigenvalue weighted by Crippen LogP contribution is -2.42. The zero-order valence-corrected chi connectivity index (χ0v) is 11.0. The standard InChI is InChI=1S/C11H22N4O3/c1-3-9(16)5-4-6-13-11(18)15-8-7-14-10(17)12-2/h3-8H2,1-2H3,(H2,12,14,17)(H2,13,15,18). The highest BCUT2D eigenvalue weighted by Gasteiger charge is 2.01. The number of carbonyl (C=O) groups is 3. The minimum Gasteiger partial charge on any atom is -0.341 e. The van der Waals surface area contributed by atoms with Crippen LogP contribution in [0.15, 0.2) is 0 Å². The van der Waals surface area contributed by atoms with E-state index >= 15 is 0 Å². The molecule has 0 bridgehead atoms. The van der Waals surface area contributed by atoms with E-state index in [1.54, 1.807) is 0 Å². The first-order valence-corrected chi connectivity index (χ1v) is 6.09. The Kier molecular flexibility index (Phi) is 9.34. The van der Waals surface area contributed by atoms with Crippen molar-refractivity contribution in [1.29, 1.82) is 0 Å². The summed E-state index contributed by atoms with van der Waals surface area (Å²) >= 11 is 0. The lowest BCUT2D eigenvalue weighted by Gasteiger charge is -2.08. The van der Waals surface area contributed by atoms with E-state index < -0.39 is 0 Å². The van der Waals surface area contributed by atoms with Crippen LogP contribution in [0.4, 0.5) is 9.59 Å². The molecule has 0 radical (unpaired) electrons. The molecule has 0 aromatic carbocycles. The Balaban J connectivity index is 3.38. The highest BCUT2D eigenvalue weighted by atomic mass is 16.2. The van der Waals surface area contributed by atoms with Gasteiger partial charge in [0.25, 0.3) is 0 Å². The number of rotatable bonds is 8. The monoisotopic (exact) mass is 258 g/mol. The van der Waals surface area contributed by atoms with Gasteiger partial charge in [-0.1, -0.05) is 6.92 Å². The van der Waals surface area contributed by atoms with Crippen molar-refractivity contribution >= 4 is 17.8 Å². The third-order valence-electron chi connectivity index (χ3n) is 2.24. The molecule has 0 unspecified atom stereocenters. The Labute approximate surface area is 107 Å². The van der Waals surface area contributed by atoms with Gasteiger partial charge in [0.15, 0.2) is 0 Å². The molecule has 0 aliphatic heterocycles. The van der Waals surface area contributed by atoms with Crippen LogP contribution in [-0.4, -0.2) is 44.5 Å². The Morgan fingerprint density at radius 2 is 1.44 bits per heavy atom. The highest BCUT2D eigenvalue weighted by molar-refractivity contribution is 5.78. The molecular formula is C11H22N4O3. The van der Waals surface area contributed by atoms with Crippen LogP contribution in [-0.2, 0) is 4.79 Å². The summed E-state index contributed by atoms with van der Waals surface area (Å²) in [7, 11) is 1.52. The van der Waals surface area contributed by atoms with E-state index in [-0.39, 0.29) is 17.8 Å². The van der Waals surface area contributed by atoms with Crippen LogP contribution in [0, 0.1) is 0 Å². The smallest absolute Gasteiger partial charge is 0.314 e. The number of hydrogen-bond donors (Lipinski definition) is 4. The largest absolute Gasteiger partial charge is 0.341 e. The van der Waals surface area contributed by atoms with Crippen LogP contribution in [0.1, 0.15) is 26.2 Å². The quantitative estimate of drug-likeness (QED) is 0.460. The molecule has 0 heterocycles. The maximum absolute atomic E-state index is 11.2. The number of nitrogens with one attached hydrogen (secondary N) is 4. The van der Waals surface area contributed by atoms with Gasteiger partial charge in [-0.05, 0) is 6.42 Å². The summed E-state index contributed by atoms with van der Waals surface area (Å²) in [6, 6.07) is -0.576. The van der Waals surface area contributed by atoms with E-state index in [1.807, 2.05) is 6.92 Å². The third kappa shape index (κ3) is 9.44. The first kappa shape index (κ1) is 16.2. The summed E-state index contributed by atoms with van der Waals surface area (Å²) in [6.07, 6.45) is 1.68. The molecule has 7 heteroatoms. The number of carbonyl (C=O) groups excluding carboxylic acids is 3. The van der Waals surface area contributed by atoms with Crippen molar-refractivity contribution in [2.24, 2.45) is 0 Å². The molecule has 0 saturated heterocycles. The van der Waals surface area contributed by atoms with Crippen LogP contribution >= 0.6 is 0 Å². The van der Waals surface area contributed by atoms with Crippen molar-refractivity contribution in [2.45, 2.75) is 26.2 Å². The summed E-state index contributed by atoms with van der Waals surface area (Å²) in [6.45, 7) is 3.01. The SMILES string of the molecule is CCC(=O)CCCNC(=O)NCCNC(=O)NC. The summed E-state index contributed by atoms with van der Waals surface area (Å²) in [4.78, 5) is 33.0. The number of ketones is 1. The molecule has 4 N–H and O–H groups in total. The van der Waals surface area contributed by atoms with Crippen LogP contribution in [0.25, 0.3) is 0 Å². The topological polar surface area (TPSA) is 99.3 Å². The molecule has 18 heavy (non-hydrogen) atoms. The van der Waals surface area contributed by atoms with E-state index in [0.717, 1.165) is 0 Å². The first-order valence-electron chi connectivity index (χ1n) is 6.09. The summed E-state index contributed by atoms with van der Waals surface area (Å²) < 4.78 is 0. The molecule has 0 aliphatic rings. The number of Topliss-reactive ketones (excluding diaryl/α,β-unsaturated/α-hetero) is 1. The summed E-state index contributed by atoms with van der Waals surface area (Å²) in [5, 5.41) is 10.2. The molecule has 0 aliphatic carbocycles. The molecule has 104 valence electrons. The Hall–Kier alpha value is -1.79. The van der Waals surface area contributed by atoms with Gasteiger partial charge in [-0.3, -0.25) is 4.79 Å². The second-order valence-electron chi connectivity index (χ2n) is 3.68. The third-order valence-corrected chi connectivity index (χ3v) is 2.24. The molecule has 4 amide bonds. The van der Waals surface area contributed by atoms with E-state index in [4.69, 9.17) is 0 Å². The van der Waals surface area contributed by atoms with E-state index in [9.17, 15) is 14.4 Å². The van der Waals surface area contributed by atoms with Crippen molar-refractivity contribution in [3.63, 3.8) is 0 Å². The van der Waals surface area contributed by atoms with Crippen molar-refractivity contribution in [2.75, 3.05) is 26.7 Å². The van der Waals surface area contributed by atoms with Gasteiger partial charge in [-0.15, -0.1) is 0 Å². The normalized spacial score (nSPS) is 9.44.